The summed E-state index contributed by atoms with van der Waals surface area (Å²) in [5.41, 5.74) is 6.62. The molecular formula is C17H22ClF2N3O2S. The topological polar surface area (TPSA) is 78.6 Å². The van der Waals surface area contributed by atoms with Crippen LogP contribution in [0.3, 0.4) is 0 Å². The lowest BCUT2D eigenvalue weighted by Crippen LogP contribution is -2.58. The first kappa shape index (κ1) is 20.8. The van der Waals surface area contributed by atoms with Gasteiger partial charge in [-0.25, -0.2) is 8.78 Å². The molecule has 0 bridgehead atoms. The Balaban J connectivity index is 0.00000243. The van der Waals surface area contributed by atoms with Crippen LogP contribution >= 0.6 is 24.6 Å². The van der Waals surface area contributed by atoms with Crippen LogP contribution in [-0.4, -0.2) is 45.8 Å². The number of rotatable bonds is 5. The SMILES string of the molecule is Cl.NC[C@@]1(CCC(=O)O)CNC(=S)N1C1CCc2c(F)cc(F)cc2C1. The van der Waals surface area contributed by atoms with E-state index in [0.717, 1.165) is 6.07 Å². The van der Waals surface area contributed by atoms with E-state index in [1.54, 1.807) is 0 Å². The molecule has 26 heavy (non-hydrogen) atoms. The molecule has 1 aliphatic heterocycles. The predicted molar refractivity (Wildman–Crippen MR) is 101 cm³/mol. The van der Waals surface area contributed by atoms with Crippen LogP contribution in [0, 0.1) is 11.6 Å². The lowest BCUT2D eigenvalue weighted by Gasteiger charge is -2.44. The monoisotopic (exact) mass is 405 g/mol. The number of benzene rings is 1. The molecule has 1 unspecified atom stereocenters. The second-order valence-corrected chi connectivity index (χ2v) is 7.16. The summed E-state index contributed by atoms with van der Waals surface area (Å²) in [6, 6.07) is 2.23. The molecule has 0 amide bonds. The maximum Gasteiger partial charge on any atom is 0.303 e. The van der Waals surface area contributed by atoms with Gasteiger partial charge in [-0.1, -0.05) is 0 Å². The van der Waals surface area contributed by atoms with Gasteiger partial charge in [-0.3, -0.25) is 4.79 Å². The molecule has 9 heteroatoms. The molecule has 0 spiro atoms. The third kappa shape index (κ3) is 3.77. The van der Waals surface area contributed by atoms with Gasteiger partial charge in [0.05, 0.1) is 5.54 Å². The number of nitrogens with zero attached hydrogens (tertiary/aromatic N) is 1. The van der Waals surface area contributed by atoms with Crippen LogP contribution in [0.15, 0.2) is 12.1 Å². The quantitative estimate of drug-likeness (QED) is 0.650. The maximum atomic E-state index is 14.0. The Morgan fingerprint density at radius 2 is 2.19 bits per heavy atom. The van der Waals surface area contributed by atoms with Crippen molar-refractivity contribution >= 4 is 35.7 Å². The number of halogens is 3. The van der Waals surface area contributed by atoms with Crippen molar-refractivity contribution in [3.8, 4) is 0 Å². The number of hydrogen-bond acceptors (Lipinski definition) is 3. The van der Waals surface area contributed by atoms with Crippen molar-refractivity contribution in [2.24, 2.45) is 5.73 Å². The number of thiocarbonyl (C=S) groups is 1. The van der Waals surface area contributed by atoms with Crippen LogP contribution in [0.1, 0.15) is 30.4 Å². The Kier molecular flexibility index (Phi) is 6.42. The standard InChI is InChI=1S/C17H21F2N3O2S.ClH/c18-11-5-10-6-12(1-2-13(10)14(19)7-11)22-16(25)21-9-17(22,8-20)4-3-15(23)24;/h5,7,12H,1-4,6,8-9,20H2,(H,21,25)(H,23,24);1H/t12?,17-;/m0./s1. The number of carbonyl (C=O) groups is 1. The zero-order valence-electron chi connectivity index (χ0n) is 14.1. The van der Waals surface area contributed by atoms with Crippen molar-refractivity contribution in [1.29, 1.82) is 0 Å². The van der Waals surface area contributed by atoms with Gasteiger partial charge in [0.1, 0.15) is 11.6 Å². The van der Waals surface area contributed by atoms with E-state index in [9.17, 15) is 13.6 Å². The van der Waals surface area contributed by atoms with Crippen molar-refractivity contribution in [2.75, 3.05) is 13.1 Å². The van der Waals surface area contributed by atoms with E-state index in [2.05, 4.69) is 5.32 Å². The minimum Gasteiger partial charge on any atom is -0.481 e. The number of nitrogens with two attached hydrogens (primary N) is 1. The first-order valence-electron chi connectivity index (χ1n) is 8.32. The van der Waals surface area contributed by atoms with Crippen LogP contribution in [0.5, 0.6) is 0 Å². The molecule has 144 valence electrons. The Morgan fingerprint density at radius 1 is 1.46 bits per heavy atom. The number of fused-ring (bicyclic) bond motifs is 1. The van der Waals surface area contributed by atoms with Crippen molar-refractivity contribution < 1.29 is 18.7 Å². The van der Waals surface area contributed by atoms with Crippen molar-refractivity contribution in [1.82, 2.24) is 10.2 Å². The molecule has 4 N–H and O–H groups in total. The average Bonchev–Trinajstić information content (AvgIpc) is 2.89. The summed E-state index contributed by atoms with van der Waals surface area (Å²) < 4.78 is 27.6. The smallest absolute Gasteiger partial charge is 0.303 e. The number of carboxylic acid groups (broad SMARTS) is 1. The molecule has 2 atom stereocenters. The first-order valence-corrected chi connectivity index (χ1v) is 8.73. The largest absolute Gasteiger partial charge is 0.481 e. The van der Waals surface area contributed by atoms with E-state index in [-0.39, 0.29) is 31.4 Å². The van der Waals surface area contributed by atoms with E-state index in [1.165, 1.54) is 6.07 Å². The van der Waals surface area contributed by atoms with E-state index in [4.69, 9.17) is 23.1 Å². The van der Waals surface area contributed by atoms with Crippen LogP contribution in [0.2, 0.25) is 0 Å². The number of carboxylic acids is 1. The molecule has 5 nitrogen and oxygen atoms in total. The summed E-state index contributed by atoms with van der Waals surface area (Å²) in [7, 11) is 0. The van der Waals surface area contributed by atoms with Crippen LogP contribution < -0.4 is 11.1 Å². The number of hydrogen-bond donors (Lipinski definition) is 3. The maximum absolute atomic E-state index is 14.0. The highest BCUT2D eigenvalue weighted by Crippen LogP contribution is 2.34. The summed E-state index contributed by atoms with van der Waals surface area (Å²) in [6.45, 7) is 0.741. The highest BCUT2D eigenvalue weighted by Gasteiger charge is 2.46. The fourth-order valence-electron chi connectivity index (χ4n) is 4.01. The van der Waals surface area contributed by atoms with Gasteiger partial charge in [0.2, 0.25) is 0 Å². The zero-order valence-corrected chi connectivity index (χ0v) is 15.8. The molecule has 0 saturated carbocycles. The first-order chi connectivity index (χ1) is 11.9. The molecule has 1 fully saturated rings. The van der Waals surface area contributed by atoms with Gasteiger partial charge in [-0.2, -0.15) is 0 Å². The number of aliphatic carboxylic acids is 1. The lowest BCUT2D eigenvalue weighted by atomic mass is 9.83. The van der Waals surface area contributed by atoms with Gasteiger partial charge >= 0.3 is 5.97 Å². The molecule has 1 saturated heterocycles. The number of nitrogens with one attached hydrogen (secondary N) is 1. The predicted octanol–water partition coefficient (Wildman–Crippen LogP) is 2.00. The molecule has 2 aliphatic rings. The third-order valence-electron chi connectivity index (χ3n) is 5.28. The van der Waals surface area contributed by atoms with Gasteiger partial charge in [0, 0.05) is 31.6 Å². The van der Waals surface area contributed by atoms with Crippen molar-refractivity contribution in [2.45, 2.75) is 43.7 Å². The summed E-state index contributed by atoms with van der Waals surface area (Å²) in [6.07, 6.45) is 1.97. The summed E-state index contributed by atoms with van der Waals surface area (Å²) in [5, 5.41) is 12.7. The minimum atomic E-state index is -0.885. The molecule has 1 aromatic carbocycles. The van der Waals surface area contributed by atoms with E-state index >= 15 is 0 Å². The van der Waals surface area contributed by atoms with E-state index in [1.807, 2.05) is 4.90 Å². The van der Waals surface area contributed by atoms with Crippen LogP contribution in [0.4, 0.5) is 8.78 Å². The van der Waals surface area contributed by atoms with Gasteiger partial charge < -0.3 is 21.1 Å². The highest BCUT2D eigenvalue weighted by atomic mass is 35.5. The summed E-state index contributed by atoms with van der Waals surface area (Å²) >= 11 is 5.43. The summed E-state index contributed by atoms with van der Waals surface area (Å²) in [4.78, 5) is 13.0. The minimum absolute atomic E-state index is 0. The van der Waals surface area contributed by atoms with Gasteiger partial charge in [-0.15, -0.1) is 12.4 Å². The van der Waals surface area contributed by atoms with E-state index in [0.29, 0.717) is 48.5 Å². The average molecular weight is 406 g/mol. The lowest BCUT2D eigenvalue weighted by molar-refractivity contribution is -0.137. The van der Waals surface area contributed by atoms with Crippen molar-refractivity contribution in [3.05, 3.63) is 34.9 Å². The second kappa shape index (κ2) is 8.02. The summed E-state index contributed by atoms with van der Waals surface area (Å²) in [5.74, 6) is -1.98. The molecule has 0 aromatic heterocycles. The fourth-order valence-corrected chi connectivity index (χ4v) is 4.42. The molecule has 1 aromatic rings. The fraction of sp³-hybridized carbons (Fsp3) is 0.529. The van der Waals surface area contributed by atoms with E-state index < -0.39 is 23.1 Å². The third-order valence-corrected chi connectivity index (χ3v) is 5.62. The highest BCUT2D eigenvalue weighted by molar-refractivity contribution is 7.80. The van der Waals surface area contributed by atoms with Gasteiger partial charge in [0.25, 0.3) is 0 Å². The Labute approximate surface area is 162 Å². The van der Waals surface area contributed by atoms with Gasteiger partial charge in [0.15, 0.2) is 5.11 Å². The van der Waals surface area contributed by atoms with Gasteiger partial charge in [-0.05, 0) is 55.1 Å². The normalized spacial score (nSPS) is 24.7. The van der Waals surface area contributed by atoms with Crippen LogP contribution in [0.25, 0.3) is 0 Å². The molecule has 1 aliphatic carbocycles. The zero-order chi connectivity index (χ0) is 18.2. The van der Waals surface area contributed by atoms with Crippen LogP contribution in [-0.2, 0) is 17.6 Å². The molecular weight excluding hydrogens is 384 g/mol. The molecule has 3 rings (SSSR count). The van der Waals surface area contributed by atoms with Crippen molar-refractivity contribution in [3.63, 3.8) is 0 Å². The second-order valence-electron chi connectivity index (χ2n) is 6.77. The Hall–Kier alpha value is -1.51. The Bertz CT molecular complexity index is 721. The Morgan fingerprint density at radius 3 is 2.85 bits per heavy atom. The molecule has 1 heterocycles. The molecule has 0 radical (unpaired) electrons.